The van der Waals surface area contributed by atoms with Crippen LogP contribution in [0.15, 0.2) is 106 Å². The highest BCUT2D eigenvalue weighted by Crippen LogP contribution is 2.45. The van der Waals surface area contributed by atoms with Gasteiger partial charge in [0.25, 0.3) is 5.91 Å². The van der Waals surface area contributed by atoms with Crippen molar-refractivity contribution in [2.45, 2.75) is 37.6 Å². The zero-order chi connectivity index (χ0) is 33.9. The Morgan fingerprint density at radius 2 is 1.73 bits per heavy atom. The summed E-state index contributed by atoms with van der Waals surface area (Å²) in [6.07, 6.45) is -0.714. The Kier molecular flexibility index (Phi) is 10.8. The third kappa shape index (κ3) is 7.54. The van der Waals surface area contributed by atoms with E-state index in [0.717, 1.165) is 12.1 Å². The summed E-state index contributed by atoms with van der Waals surface area (Å²) < 4.78 is 39.9. The van der Waals surface area contributed by atoms with Crippen LogP contribution >= 0.6 is 0 Å². The maximum Gasteiger partial charge on any atom is 0.252 e. The van der Waals surface area contributed by atoms with E-state index in [1.54, 1.807) is 72.8 Å². The largest absolute Gasteiger partial charge is 0.494 e. The van der Waals surface area contributed by atoms with Gasteiger partial charge in [-0.3, -0.25) is 4.79 Å². The van der Waals surface area contributed by atoms with E-state index in [-0.39, 0.29) is 37.7 Å². The van der Waals surface area contributed by atoms with Gasteiger partial charge in [0.2, 0.25) is 5.90 Å². The Morgan fingerprint density at radius 3 is 2.46 bits per heavy atom. The Hall–Kier alpha value is -5.94. The minimum atomic E-state index is -1.74. The Morgan fingerprint density at radius 1 is 0.979 bits per heavy atom. The van der Waals surface area contributed by atoms with Crippen LogP contribution in [0.3, 0.4) is 0 Å². The molecule has 0 aliphatic carbocycles. The number of rotatable bonds is 14. The van der Waals surface area contributed by atoms with Crippen molar-refractivity contribution >= 4 is 17.5 Å². The Labute approximate surface area is 273 Å². The van der Waals surface area contributed by atoms with Crippen LogP contribution in [-0.4, -0.2) is 35.7 Å². The standard InChI is InChI=1S/C34H30F2N8O4/c35-28-15-10-22(18-29(28)36)20-39-33(46)34(19-24-6-2-4-9-30(24)42-44-38)31(27-8-3-1-7-25(27)21-40-43-37)48-32(41-34)23-11-13-26(14-12-23)47-17-5-16-45/h1-4,6-15,18,31,45H,5,16-17,19-21H2,(H,39,46)/t31-,34-/m1/s1. The van der Waals surface area contributed by atoms with E-state index in [2.05, 4.69) is 25.4 Å². The van der Waals surface area contributed by atoms with Gasteiger partial charge in [-0.25, -0.2) is 13.8 Å². The summed E-state index contributed by atoms with van der Waals surface area (Å²) >= 11 is 0. The van der Waals surface area contributed by atoms with E-state index < -0.39 is 29.2 Å². The third-order valence-corrected chi connectivity index (χ3v) is 7.71. The molecule has 14 heteroatoms. The van der Waals surface area contributed by atoms with Gasteiger partial charge in [-0.2, -0.15) is 0 Å². The minimum absolute atomic E-state index is 0.00563. The molecule has 1 aliphatic heterocycles. The molecule has 2 atom stereocenters. The molecule has 1 amide bonds. The first-order valence-corrected chi connectivity index (χ1v) is 14.9. The molecular formula is C34H30F2N8O4. The third-order valence-electron chi connectivity index (χ3n) is 7.71. The van der Waals surface area contributed by atoms with Gasteiger partial charge >= 0.3 is 0 Å². The van der Waals surface area contributed by atoms with E-state index in [4.69, 9.17) is 25.1 Å². The second kappa shape index (κ2) is 15.6. The predicted molar refractivity (Wildman–Crippen MR) is 173 cm³/mol. The molecule has 1 aliphatic rings. The van der Waals surface area contributed by atoms with Crippen molar-refractivity contribution in [1.82, 2.24) is 5.32 Å². The first-order chi connectivity index (χ1) is 23.4. The number of halogens is 2. The van der Waals surface area contributed by atoms with Crippen molar-refractivity contribution in [3.8, 4) is 5.75 Å². The molecule has 2 N–H and O–H groups in total. The number of carbonyl (C=O) groups is 1. The predicted octanol–water partition coefficient (Wildman–Crippen LogP) is 7.29. The molecule has 0 saturated carbocycles. The van der Waals surface area contributed by atoms with Crippen LogP contribution in [0.1, 0.15) is 40.3 Å². The van der Waals surface area contributed by atoms with E-state index >= 15 is 0 Å². The number of aliphatic hydroxyl groups excluding tert-OH is 1. The maximum absolute atomic E-state index is 14.6. The number of nitrogens with zero attached hydrogens (tertiary/aromatic N) is 7. The average Bonchev–Trinajstić information content (AvgIpc) is 3.49. The molecule has 0 radical (unpaired) electrons. The fourth-order valence-corrected chi connectivity index (χ4v) is 5.38. The highest BCUT2D eigenvalue weighted by molar-refractivity contribution is 6.01. The number of amides is 1. The molecule has 5 rings (SSSR count). The molecule has 0 unspecified atom stereocenters. The normalized spacial score (nSPS) is 16.6. The van der Waals surface area contributed by atoms with Crippen molar-refractivity contribution in [1.29, 1.82) is 0 Å². The lowest BCUT2D eigenvalue weighted by atomic mass is 9.80. The number of aliphatic hydroxyl groups is 1. The van der Waals surface area contributed by atoms with Crippen molar-refractivity contribution in [2.24, 2.45) is 15.2 Å². The van der Waals surface area contributed by atoms with Gasteiger partial charge in [-0.15, -0.1) is 0 Å². The molecule has 4 aromatic rings. The molecule has 4 aromatic carbocycles. The summed E-state index contributed by atoms with van der Waals surface area (Å²) in [4.78, 5) is 25.3. The van der Waals surface area contributed by atoms with Crippen LogP contribution < -0.4 is 10.1 Å². The lowest BCUT2D eigenvalue weighted by Gasteiger charge is -2.32. The summed E-state index contributed by atoms with van der Waals surface area (Å²) in [6.45, 7) is 0.120. The summed E-state index contributed by atoms with van der Waals surface area (Å²) in [5, 5.41) is 19.5. The number of ether oxygens (including phenoxy) is 2. The monoisotopic (exact) mass is 652 g/mol. The number of aliphatic imine (C=N–C) groups is 1. The van der Waals surface area contributed by atoms with Crippen LogP contribution in [0.5, 0.6) is 5.75 Å². The van der Waals surface area contributed by atoms with Crippen LogP contribution in [0.4, 0.5) is 14.5 Å². The minimum Gasteiger partial charge on any atom is -0.494 e. The zero-order valence-corrected chi connectivity index (χ0v) is 25.5. The smallest absolute Gasteiger partial charge is 0.252 e. The van der Waals surface area contributed by atoms with Crippen LogP contribution in [0, 0.1) is 11.6 Å². The van der Waals surface area contributed by atoms with Crippen LogP contribution in [-0.2, 0) is 29.0 Å². The molecule has 0 bridgehead atoms. The van der Waals surface area contributed by atoms with Crippen LogP contribution in [0.2, 0.25) is 0 Å². The summed E-state index contributed by atoms with van der Waals surface area (Å²) in [6, 6.07) is 24.0. The number of hydrogen-bond acceptors (Lipinski definition) is 7. The highest BCUT2D eigenvalue weighted by atomic mass is 19.2. The Balaban J connectivity index is 1.64. The molecule has 244 valence electrons. The lowest BCUT2D eigenvalue weighted by molar-refractivity contribution is -0.129. The molecule has 1 heterocycles. The maximum atomic E-state index is 14.6. The SMILES string of the molecule is [N-]=[N+]=NCc1ccccc1[C@H]1OC(c2ccc(OCCCO)cc2)=N[C@@]1(Cc1ccccc1N=[N+]=[N-])C(=O)NCc1ccc(F)c(F)c1. The molecule has 0 saturated heterocycles. The first-order valence-electron chi connectivity index (χ1n) is 14.9. The quantitative estimate of drug-likeness (QED) is 0.0629. The van der Waals surface area contributed by atoms with E-state index in [1.165, 1.54) is 6.07 Å². The van der Waals surface area contributed by atoms with Crippen molar-refractivity contribution in [2.75, 3.05) is 13.2 Å². The zero-order valence-electron chi connectivity index (χ0n) is 25.5. The molecule has 0 fully saturated rings. The topological polar surface area (TPSA) is 178 Å². The van der Waals surface area contributed by atoms with Gasteiger partial charge in [0.05, 0.1) is 13.2 Å². The first kappa shape index (κ1) is 33.4. The van der Waals surface area contributed by atoms with E-state index in [0.29, 0.717) is 46.6 Å². The number of nitrogens with one attached hydrogen (secondary N) is 1. The fourth-order valence-electron chi connectivity index (χ4n) is 5.38. The highest BCUT2D eigenvalue weighted by Gasteiger charge is 2.54. The van der Waals surface area contributed by atoms with Crippen LogP contribution in [0.25, 0.3) is 20.9 Å². The van der Waals surface area contributed by atoms with E-state index in [9.17, 15) is 19.1 Å². The molecule has 0 spiro atoms. The van der Waals surface area contributed by atoms with E-state index in [1.807, 2.05) is 0 Å². The van der Waals surface area contributed by atoms with Gasteiger partial charge in [-0.05, 0) is 69.7 Å². The molecule has 12 nitrogen and oxygen atoms in total. The van der Waals surface area contributed by atoms with Gasteiger partial charge in [0.15, 0.2) is 23.3 Å². The molecular weight excluding hydrogens is 622 g/mol. The second-order valence-electron chi connectivity index (χ2n) is 10.8. The van der Waals surface area contributed by atoms with Gasteiger partial charge in [-0.1, -0.05) is 64.8 Å². The van der Waals surface area contributed by atoms with Gasteiger partial charge in [0, 0.05) is 47.1 Å². The van der Waals surface area contributed by atoms with Gasteiger partial charge < -0.3 is 19.9 Å². The summed E-state index contributed by atoms with van der Waals surface area (Å²) in [5.74, 6) is -2.00. The lowest BCUT2D eigenvalue weighted by Crippen LogP contribution is -2.50. The van der Waals surface area contributed by atoms with Gasteiger partial charge in [0.1, 0.15) is 5.75 Å². The second-order valence-corrected chi connectivity index (χ2v) is 10.8. The summed E-state index contributed by atoms with van der Waals surface area (Å²) in [7, 11) is 0. The number of azide groups is 2. The van der Waals surface area contributed by atoms with Crippen molar-refractivity contribution in [3.63, 3.8) is 0 Å². The number of hydrogen-bond donors (Lipinski definition) is 2. The van der Waals surface area contributed by atoms with Crippen molar-refractivity contribution in [3.05, 3.63) is 151 Å². The Bertz CT molecular complexity index is 1910. The number of carbonyl (C=O) groups excluding carboxylic acids is 1. The fraction of sp³-hybridized carbons (Fsp3) is 0.235. The summed E-state index contributed by atoms with van der Waals surface area (Å²) in [5.41, 5.74) is 19.3. The van der Waals surface area contributed by atoms with Crippen molar-refractivity contribution < 1.29 is 28.2 Å². The molecule has 48 heavy (non-hydrogen) atoms. The molecule has 0 aromatic heterocycles. The number of benzene rings is 4. The average molecular weight is 653 g/mol.